The van der Waals surface area contributed by atoms with E-state index in [1.165, 1.54) is 25.7 Å². The molecule has 3 rings (SSSR count). The van der Waals surface area contributed by atoms with Crippen LogP contribution in [-0.2, 0) is 16.4 Å². The van der Waals surface area contributed by atoms with Crippen LogP contribution in [0.15, 0.2) is 48.5 Å². The number of aryl methyl sites for hydroxylation is 1. The smallest absolute Gasteiger partial charge is 0.254 e. The molecule has 1 atom stereocenters. The highest BCUT2D eigenvalue weighted by molar-refractivity contribution is 7.91. The second-order valence-corrected chi connectivity index (χ2v) is 11.0. The number of benzene rings is 2. The molecule has 174 valence electrons. The molecule has 1 aliphatic rings. The number of carbonyl (C=O) groups is 1. The lowest BCUT2D eigenvalue weighted by Gasteiger charge is -2.28. The molecule has 1 unspecified atom stereocenters. The first-order chi connectivity index (χ1) is 15.4. The van der Waals surface area contributed by atoms with E-state index in [2.05, 4.69) is 6.92 Å². The molecular weight excluding hydrogens is 422 g/mol. The fourth-order valence-electron chi connectivity index (χ4n) is 4.03. The number of sulfone groups is 1. The fourth-order valence-corrected chi connectivity index (χ4v) is 5.76. The molecule has 2 aromatic carbocycles. The maximum atomic E-state index is 13.4. The van der Waals surface area contributed by atoms with Crippen molar-refractivity contribution >= 4 is 15.7 Å². The van der Waals surface area contributed by atoms with Crippen LogP contribution in [0.25, 0.3) is 0 Å². The topological polar surface area (TPSA) is 63.7 Å². The number of hydrogen-bond acceptors (Lipinski definition) is 4. The number of rotatable bonds is 11. The number of nitrogens with zero attached hydrogens (tertiary/aromatic N) is 1. The van der Waals surface area contributed by atoms with Crippen molar-refractivity contribution in [1.82, 2.24) is 4.90 Å². The van der Waals surface area contributed by atoms with Crippen molar-refractivity contribution < 1.29 is 17.9 Å². The Balaban J connectivity index is 1.66. The largest absolute Gasteiger partial charge is 0.494 e. The molecule has 2 aromatic rings. The first-order valence-electron chi connectivity index (χ1n) is 11.7. The molecule has 1 fully saturated rings. The number of ether oxygens (including phenoxy) is 1. The molecule has 1 saturated heterocycles. The van der Waals surface area contributed by atoms with Crippen molar-refractivity contribution in [1.29, 1.82) is 0 Å². The van der Waals surface area contributed by atoms with E-state index in [1.54, 1.807) is 17.0 Å². The molecule has 0 radical (unpaired) electrons. The summed E-state index contributed by atoms with van der Waals surface area (Å²) in [4.78, 5) is 15.1. The van der Waals surface area contributed by atoms with Crippen LogP contribution in [0.2, 0.25) is 0 Å². The van der Waals surface area contributed by atoms with Gasteiger partial charge in [-0.05, 0) is 49.6 Å². The van der Waals surface area contributed by atoms with Gasteiger partial charge in [0.25, 0.3) is 5.91 Å². The molecule has 0 N–H and O–H groups in total. The summed E-state index contributed by atoms with van der Waals surface area (Å²) in [7, 11) is -3.09. The molecule has 0 spiro atoms. The second kappa shape index (κ2) is 11.5. The van der Waals surface area contributed by atoms with E-state index in [-0.39, 0.29) is 23.5 Å². The minimum absolute atomic E-state index is 0.0316. The van der Waals surface area contributed by atoms with E-state index < -0.39 is 9.84 Å². The summed E-state index contributed by atoms with van der Waals surface area (Å²) in [5.74, 6) is 0.786. The third-order valence-electron chi connectivity index (χ3n) is 6.00. The normalized spacial score (nSPS) is 17.2. The average Bonchev–Trinajstić information content (AvgIpc) is 3.15. The van der Waals surface area contributed by atoms with Crippen LogP contribution in [0.1, 0.15) is 66.9 Å². The summed E-state index contributed by atoms with van der Waals surface area (Å²) in [6.45, 7) is 5.30. The maximum Gasteiger partial charge on any atom is 0.254 e. The average molecular weight is 458 g/mol. The van der Waals surface area contributed by atoms with Gasteiger partial charge in [0.05, 0.1) is 18.1 Å². The minimum atomic E-state index is -3.09. The van der Waals surface area contributed by atoms with Gasteiger partial charge in [-0.25, -0.2) is 8.42 Å². The van der Waals surface area contributed by atoms with Gasteiger partial charge in [0.1, 0.15) is 5.75 Å². The number of amides is 1. The van der Waals surface area contributed by atoms with Crippen LogP contribution in [0.4, 0.5) is 0 Å². The molecular formula is C26H35NO4S. The van der Waals surface area contributed by atoms with Gasteiger partial charge < -0.3 is 9.64 Å². The van der Waals surface area contributed by atoms with Gasteiger partial charge in [0.2, 0.25) is 0 Å². The molecule has 5 nitrogen and oxygen atoms in total. The molecule has 1 aliphatic heterocycles. The predicted octanol–water partition coefficient (Wildman–Crippen LogP) is 5.17. The van der Waals surface area contributed by atoms with E-state index in [0.29, 0.717) is 25.1 Å². The molecule has 0 aliphatic carbocycles. The van der Waals surface area contributed by atoms with Crippen LogP contribution in [0.5, 0.6) is 5.75 Å². The van der Waals surface area contributed by atoms with Crippen molar-refractivity contribution in [3.05, 3.63) is 65.2 Å². The summed E-state index contributed by atoms with van der Waals surface area (Å²) in [6, 6.07) is 14.9. The van der Waals surface area contributed by atoms with Crippen molar-refractivity contribution in [2.24, 2.45) is 0 Å². The van der Waals surface area contributed by atoms with Crippen molar-refractivity contribution in [2.75, 3.05) is 18.1 Å². The monoisotopic (exact) mass is 457 g/mol. The standard InChI is InChI=1S/C26H35NO4S/c1-3-4-5-6-7-17-31-25-14-12-23(13-15-25)26(28)27(24-16-18-32(29,30)20-24)19-22-10-8-21(2)9-11-22/h8-15,24H,3-7,16-20H2,1-2H3. The van der Waals surface area contributed by atoms with Gasteiger partial charge in [0.15, 0.2) is 9.84 Å². The second-order valence-electron chi connectivity index (χ2n) is 8.76. The zero-order chi connectivity index (χ0) is 23.0. The first-order valence-corrected chi connectivity index (χ1v) is 13.5. The Bertz CT molecular complexity index is 968. The number of carbonyl (C=O) groups excluding carboxylic acids is 1. The van der Waals surface area contributed by atoms with E-state index >= 15 is 0 Å². The van der Waals surface area contributed by atoms with Crippen LogP contribution < -0.4 is 4.74 Å². The van der Waals surface area contributed by atoms with Gasteiger partial charge in [-0.3, -0.25) is 4.79 Å². The third kappa shape index (κ3) is 7.09. The van der Waals surface area contributed by atoms with Crippen LogP contribution >= 0.6 is 0 Å². The Kier molecular flexibility index (Phi) is 8.74. The van der Waals surface area contributed by atoms with Crippen LogP contribution in [-0.4, -0.2) is 43.4 Å². The quantitative estimate of drug-likeness (QED) is 0.437. The zero-order valence-corrected chi connectivity index (χ0v) is 20.1. The lowest BCUT2D eigenvalue weighted by atomic mass is 10.1. The third-order valence-corrected chi connectivity index (χ3v) is 7.75. The lowest BCUT2D eigenvalue weighted by molar-refractivity contribution is 0.0681. The van der Waals surface area contributed by atoms with Crippen LogP contribution in [0.3, 0.4) is 0 Å². The Labute approximate surface area is 192 Å². The minimum Gasteiger partial charge on any atom is -0.494 e. The fraction of sp³-hybridized carbons (Fsp3) is 0.500. The molecule has 0 bridgehead atoms. The lowest BCUT2D eigenvalue weighted by Crippen LogP contribution is -2.40. The number of hydrogen-bond donors (Lipinski definition) is 0. The van der Waals surface area contributed by atoms with Gasteiger partial charge in [0, 0.05) is 18.2 Å². The Morgan fingerprint density at radius 2 is 1.69 bits per heavy atom. The summed E-state index contributed by atoms with van der Waals surface area (Å²) in [5.41, 5.74) is 2.70. The summed E-state index contributed by atoms with van der Waals surface area (Å²) < 4.78 is 30.0. The predicted molar refractivity (Wildman–Crippen MR) is 129 cm³/mol. The Hall–Kier alpha value is -2.34. The van der Waals surface area contributed by atoms with E-state index in [9.17, 15) is 13.2 Å². The van der Waals surface area contributed by atoms with Gasteiger partial charge in [-0.2, -0.15) is 0 Å². The van der Waals surface area contributed by atoms with Gasteiger partial charge in [-0.1, -0.05) is 62.4 Å². The Morgan fingerprint density at radius 1 is 1.00 bits per heavy atom. The molecule has 0 saturated carbocycles. The van der Waals surface area contributed by atoms with Gasteiger partial charge >= 0.3 is 0 Å². The van der Waals surface area contributed by atoms with E-state index in [0.717, 1.165) is 23.3 Å². The molecule has 32 heavy (non-hydrogen) atoms. The SMILES string of the molecule is CCCCCCCOc1ccc(C(=O)N(Cc2ccc(C)cc2)C2CCS(=O)(=O)C2)cc1. The highest BCUT2D eigenvalue weighted by Gasteiger charge is 2.35. The molecule has 1 heterocycles. The summed E-state index contributed by atoms with van der Waals surface area (Å²) in [6.07, 6.45) is 6.41. The van der Waals surface area contributed by atoms with Gasteiger partial charge in [-0.15, -0.1) is 0 Å². The van der Waals surface area contributed by atoms with E-state index in [4.69, 9.17) is 4.74 Å². The summed E-state index contributed by atoms with van der Waals surface area (Å²) >= 11 is 0. The maximum absolute atomic E-state index is 13.4. The van der Waals surface area contributed by atoms with E-state index in [1.807, 2.05) is 43.3 Å². The van der Waals surface area contributed by atoms with Crippen molar-refractivity contribution in [2.45, 2.75) is 65.0 Å². The summed E-state index contributed by atoms with van der Waals surface area (Å²) in [5, 5.41) is 0. The highest BCUT2D eigenvalue weighted by Crippen LogP contribution is 2.23. The molecule has 6 heteroatoms. The Morgan fingerprint density at radius 3 is 2.31 bits per heavy atom. The number of unbranched alkanes of at least 4 members (excludes halogenated alkanes) is 4. The molecule has 1 amide bonds. The van der Waals surface area contributed by atoms with Crippen molar-refractivity contribution in [3.8, 4) is 5.75 Å². The first kappa shape index (κ1) is 24.3. The van der Waals surface area contributed by atoms with Crippen molar-refractivity contribution in [3.63, 3.8) is 0 Å². The highest BCUT2D eigenvalue weighted by atomic mass is 32.2. The zero-order valence-electron chi connectivity index (χ0n) is 19.3. The molecule has 0 aromatic heterocycles. The van der Waals surface area contributed by atoms with Crippen LogP contribution in [0, 0.1) is 6.92 Å².